The van der Waals surface area contributed by atoms with Crippen molar-refractivity contribution in [1.82, 2.24) is 14.8 Å². The number of methoxy groups -OCH3 is 1. The zero-order chi connectivity index (χ0) is 24.3. The van der Waals surface area contributed by atoms with Gasteiger partial charge in [-0.3, -0.25) is 9.59 Å². The molecule has 1 N–H and O–H groups in total. The zero-order valence-corrected chi connectivity index (χ0v) is 20.4. The van der Waals surface area contributed by atoms with Crippen LogP contribution in [0.4, 0.5) is 0 Å². The topological polar surface area (TPSA) is 74.9 Å². The monoisotopic (exact) mass is 465 g/mol. The van der Waals surface area contributed by atoms with E-state index in [9.17, 15) is 9.59 Å². The maximum atomic E-state index is 13.4. The average Bonchev–Trinajstić information content (AvgIpc) is 3.26. The second kappa shape index (κ2) is 12.8. The number of aromatic amines is 1. The number of para-hydroxylation sites is 1. The maximum Gasteiger partial charge on any atom is 0.249 e. The highest BCUT2D eigenvalue weighted by Gasteiger charge is 2.21. The number of H-pyrrole nitrogens is 1. The molecule has 0 spiro atoms. The van der Waals surface area contributed by atoms with Gasteiger partial charge in [-0.15, -0.1) is 0 Å². The third-order valence-electron chi connectivity index (χ3n) is 5.73. The Morgan fingerprint density at radius 1 is 0.941 bits per heavy atom. The van der Waals surface area contributed by atoms with Gasteiger partial charge in [-0.05, 0) is 49.1 Å². The van der Waals surface area contributed by atoms with E-state index >= 15 is 0 Å². The number of benzene rings is 2. The number of hydrogen-bond donors (Lipinski definition) is 1. The third kappa shape index (κ3) is 6.84. The number of rotatable bonds is 13. The second-order valence-electron chi connectivity index (χ2n) is 8.25. The van der Waals surface area contributed by atoms with E-state index < -0.39 is 0 Å². The lowest BCUT2D eigenvalue weighted by Crippen LogP contribution is -2.44. The molecule has 2 amide bonds. The molecule has 182 valence electrons. The molecule has 3 rings (SSSR count). The fourth-order valence-electron chi connectivity index (χ4n) is 4.00. The molecule has 7 nitrogen and oxygen atoms in total. The minimum atomic E-state index is -0.171. The number of amides is 2. The SMILES string of the molecule is CCCN(CC(=O)N(CCc1c[nH]c2ccccc12)Cc1ccc(OCC)cc1)C(=O)COC. The Balaban J connectivity index is 1.76. The van der Waals surface area contributed by atoms with Gasteiger partial charge in [-0.2, -0.15) is 0 Å². The summed E-state index contributed by atoms with van der Waals surface area (Å²) in [5.41, 5.74) is 3.27. The number of hydrogen-bond acceptors (Lipinski definition) is 4. The average molecular weight is 466 g/mol. The number of carbonyl (C=O) groups is 2. The highest BCUT2D eigenvalue weighted by molar-refractivity contribution is 5.86. The van der Waals surface area contributed by atoms with Gasteiger partial charge in [-0.1, -0.05) is 37.3 Å². The third-order valence-corrected chi connectivity index (χ3v) is 5.73. The number of ether oxygens (including phenoxy) is 2. The molecule has 0 aliphatic heterocycles. The van der Waals surface area contributed by atoms with Crippen LogP contribution >= 0.6 is 0 Å². The Kier molecular flexibility index (Phi) is 9.52. The van der Waals surface area contributed by atoms with Crippen LogP contribution in [0.5, 0.6) is 5.75 Å². The van der Waals surface area contributed by atoms with Crippen molar-refractivity contribution in [2.45, 2.75) is 33.2 Å². The highest BCUT2D eigenvalue weighted by atomic mass is 16.5. The molecule has 0 unspecified atom stereocenters. The van der Waals surface area contributed by atoms with Crippen LogP contribution in [0.1, 0.15) is 31.4 Å². The molecule has 0 bridgehead atoms. The number of nitrogens with zero attached hydrogens (tertiary/aromatic N) is 2. The van der Waals surface area contributed by atoms with Gasteiger partial charge in [0.2, 0.25) is 11.8 Å². The summed E-state index contributed by atoms with van der Waals surface area (Å²) >= 11 is 0. The molecule has 1 heterocycles. The minimum absolute atomic E-state index is 0.0263. The maximum absolute atomic E-state index is 13.4. The first-order valence-electron chi connectivity index (χ1n) is 11.9. The molecule has 0 aliphatic rings. The van der Waals surface area contributed by atoms with Crippen LogP contribution in [0.3, 0.4) is 0 Å². The van der Waals surface area contributed by atoms with Gasteiger partial charge in [0, 0.05) is 43.8 Å². The summed E-state index contributed by atoms with van der Waals surface area (Å²) in [6, 6.07) is 16.0. The number of carbonyl (C=O) groups excluding carboxylic acids is 2. The van der Waals surface area contributed by atoms with Crippen molar-refractivity contribution in [3.05, 3.63) is 65.9 Å². The van der Waals surface area contributed by atoms with Crippen LogP contribution in [0, 0.1) is 0 Å². The second-order valence-corrected chi connectivity index (χ2v) is 8.25. The summed E-state index contributed by atoms with van der Waals surface area (Å²) < 4.78 is 10.5. The first kappa shape index (κ1) is 25.3. The van der Waals surface area contributed by atoms with Gasteiger partial charge in [0.05, 0.1) is 13.2 Å². The summed E-state index contributed by atoms with van der Waals surface area (Å²) in [6.07, 6.45) is 3.50. The first-order valence-corrected chi connectivity index (χ1v) is 11.9. The molecule has 0 aliphatic carbocycles. The molecule has 7 heteroatoms. The molecule has 2 aromatic carbocycles. The highest BCUT2D eigenvalue weighted by Crippen LogP contribution is 2.19. The fourth-order valence-corrected chi connectivity index (χ4v) is 4.00. The summed E-state index contributed by atoms with van der Waals surface area (Å²) in [5, 5.41) is 1.17. The molecular formula is C27H35N3O4. The molecule has 0 atom stereocenters. The Morgan fingerprint density at radius 3 is 2.41 bits per heavy atom. The van der Waals surface area contributed by atoms with Gasteiger partial charge in [-0.25, -0.2) is 0 Å². The number of fused-ring (bicyclic) bond motifs is 1. The molecule has 0 radical (unpaired) electrons. The van der Waals surface area contributed by atoms with Crippen molar-refractivity contribution in [3.63, 3.8) is 0 Å². The van der Waals surface area contributed by atoms with Crippen molar-refractivity contribution >= 4 is 22.7 Å². The van der Waals surface area contributed by atoms with E-state index in [1.54, 1.807) is 4.90 Å². The lowest BCUT2D eigenvalue weighted by atomic mass is 10.1. The van der Waals surface area contributed by atoms with Gasteiger partial charge in [0.15, 0.2) is 0 Å². The van der Waals surface area contributed by atoms with E-state index in [0.717, 1.165) is 23.3 Å². The molecule has 34 heavy (non-hydrogen) atoms. The minimum Gasteiger partial charge on any atom is -0.494 e. The first-order chi connectivity index (χ1) is 16.5. The van der Waals surface area contributed by atoms with Crippen molar-refractivity contribution in [3.8, 4) is 5.75 Å². The van der Waals surface area contributed by atoms with E-state index in [2.05, 4.69) is 11.1 Å². The Hall–Kier alpha value is -3.32. The smallest absolute Gasteiger partial charge is 0.249 e. The number of aromatic nitrogens is 1. The van der Waals surface area contributed by atoms with Gasteiger partial charge < -0.3 is 24.3 Å². The predicted octanol–water partition coefficient (Wildman–Crippen LogP) is 4.02. The molecular weight excluding hydrogens is 430 g/mol. The van der Waals surface area contributed by atoms with Crippen molar-refractivity contribution < 1.29 is 19.1 Å². The van der Waals surface area contributed by atoms with Crippen LogP contribution in [-0.4, -0.2) is 66.6 Å². The van der Waals surface area contributed by atoms with E-state index in [-0.39, 0.29) is 25.0 Å². The summed E-state index contributed by atoms with van der Waals surface area (Å²) in [5.74, 6) is 0.559. The molecule has 0 fully saturated rings. The molecule has 1 aromatic heterocycles. The molecule has 0 saturated heterocycles. The van der Waals surface area contributed by atoms with Crippen molar-refractivity contribution in [2.24, 2.45) is 0 Å². The Morgan fingerprint density at radius 2 is 1.71 bits per heavy atom. The van der Waals surface area contributed by atoms with Crippen LogP contribution in [0.25, 0.3) is 10.9 Å². The molecule has 0 saturated carbocycles. The lowest BCUT2D eigenvalue weighted by molar-refractivity contribution is -0.143. The predicted molar refractivity (Wildman–Crippen MR) is 134 cm³/mol. The summed E-state index contributed by atoms with van der Waals surface area (Å²) in [6.45, 7) is 6.10. The van der Waals surface area contributed by atoms with E-state index in [1.807, 2.05) is 67.4 Å². The van der Waals surface area contributed by atoms with Crippen molar-refractivity contribution in [2.75, 3.05) is 40.0 Å². The van der Waals surface area contributed by atoms with Crippen LogP contribution in [-0.2, 0) is 27.3 Å². The van der Waals surface area contributed by atoms with Crippen LogP contribution in [0.2, 0.25) is 0 Å². The van der Waals surface area contributed by atoms with Gasteiger partial charge >= 0.3 is 0 Å². The Bertz CT molecular complexity index is 1060. The zero-order valence-electron chi connectivity index (χ0n) is 20.4. The van der Waals surface area contributed by atoms with Crippen LogP contribution in [0.15, 0.2) is 54.7 Å². The van der Waals surface area contributed by atoms with E-state index in [0.29, 0.717) is 32.7 Å². The van der Waals surface area contributed by atoms with E-state index in [4.69, 9.17) is 9.47 Å². The lowest BCUT2D eigenvalue weighted by Gasteiger charge is -2.28. The fraction of sp³-hybridized carbons (Fsp3) is 0.407. The Labute approximate surface area is 201 Å². The largest absolute Gasteiger partial charge is 0.494 e. The number of nitrogens with one attached hydrogen (secondary N) is 1. The van der Waals surface area contributed by atoms with Gasteiger partial charge in [0.1, 0.15) is 12.4 Å². The molecule has 3 aromatic rings. The quantitative estimate of drug-likeness (QED) is 0.414. The summed E-state index contributed by atoms with van der Waals surface area (Å²) in [7, 11) is 1.49. The standard InChI is InChI=1S/C27H35N3O4/c1-4-15-29(27(32)20-33-3)19-26(31)30(18-21-10-12-23(13-11-21)34-5-2)16-14-22-17-28-25-9-7-6-8-24(22)25/h6-13,17,28H,4-5,14-16,18-20H2,1-3H3. The van der Waals surface area contributed by atoms with Gasteiger partial charge in [0.25, 0.3) is 0 Å². The van der Waals surface area contributed by atoms with Crippen LogP contribution < -0.4 is 4.74 Å². The van der Waals surface area contributed by atoms with Crippen molar-refractivity contribution in [1.29, 1.82) is 0 Å². The normalized spacial score (nSPS) is 10.9. The van der Waals surface area contributed by atoms with E-state index in [1.165, 1.54) is 18.1 Å². The summed E-state index contributed by atoms with van der Waals surface area (Å²) in [4.78, 5) is 32.6.